The van der Waals surface area contributed by atoms with Gasteiger partial charge in [0.1, 0.15) is 5.76 Å². The van der Waals surface area contributed by atoms with Gasteiger partial charge in [0, 0.05) is 43.7 Å². The molecule has 4 heterocycles. The molecule has 1 saturated heterocycles. The summed E-state index contributed by atoms with van der Waals surface area (Å²) in [4.78, 5) is 20.6. The van der Waals surface area contributed by atoms with Gasteiger partial charge in [-0.15, -0.1) is 0 Å². The minimum Gasteiger partial charge on any atom is -0.360 e. The molecule has 0 unspecified atom stereocenters. The molecule has 0 amide bonds. The van der Waals surface area contributed by atoms with E-state index in [0.717, 1.165) is 59.4 Å². The van der Waals surface area contributed by atoms with Crippen molar-refractivity contribution in [2.24, 2.45) is 0 Å². The first-order chi connectivity index (χ1) is 13.3. The zero-order valence-electron chi connectivity index (χ0n) is 15.9. The Bertz CT molecular complexity index is 900. The summed E-state index contributed by atoms with van der Waals surface area (Å²) < 4.78 is 5.54. The van der Waals surface area contributed by atoms with Gasteiger partial charge in [0.15, 0.2) is 0 Å². The zero-order chi connectivity index (χ0) is 18.6. The van der Waals surface area contributed by atoms with Crippen LogP contribution < -0.4 is 4.90 Å². The Hall–Kier alpha value is -2.83. The van der Waals surface area contributed by atoms with Crippen LogP contribution in [0.1, 0.15) is 44.1 Å². The van der Waals surface area contributed by atoms with Crippen LogP contribution in [-0.4, -0.2) is 38.2 Å². The van der Waals surface area contributed by atoms with Crippen LogP contribution in [0.2, 0.25) is 0 Å². The molecule has 0 saturated carbocycles. The van der Waals surface area contributed by atoms with Crippen molar-refractivity contribution in [3.05, 3.63) is 36.2 Å². The molecule has 0 spiro atoms. The molecule has 7 heteroatoms. The molecule has 0 radical (unpaired) electrons. The molecule has 27 heavy (non-hydrogen) atoms. The van der Waals surface area contributed by atoms with Crippen LogP contribution in [0, 0.1) is 6.92 Å². The van der Waals surface area contributed by atoms with E-state index < -0.39 is 0 Å². The fraction of sp³-hybridized carbons (Fsp3) is 0.450. The first kappa shape index (κ1) is 17.6. The van der Waals surface area contributed by atoms with E-state index >= 15 is 0 Å². The van der Waals surface area contributed by atoms with E-state index in [4.69, 9.17) is 9.51 Å². The van der Waals surface area contributed by atoms with Gasteiger partial charge >= 0.3 is 0 Å². The Balaban J connectivity index is 1.86. The van der Waals surface area contributed by atoms with Crippen LogP contribution in [-0.2, 0) is 6.42 Å². The Kier molecular flexibility index (Phi) is 5.09. The molecule has 0 bridgehead atoms. The van der Waals surface area contributed by atoms with Crippen molar-refractivity contribution in [2.45, 2.75) is 46.0 Å². The predicted octanol–water partition coefficient (Wildman–Crippen LogP) is 3.84. The third-order valence-corrected chi connectivity index (χ3v) is 5.00. The SMILES string of the molecule is CCc1onc(C)c1-c1nc(N2CCCCCC2)ncc1-c1cnccn1. The lowest BCUT2D eigenvalue weighted by Gasteiger charge is -2.21. The lowest BCUT2D eigenvalue weighted by molar-refractivity contribution is 0.383. The van der Waals surface area contributed by atoms with E-state index in [2.05, 4.69) is 31.9 Å². The average molecular weight is 364 g/mol. The molecular formula is C20H24N6O. The molecule has 1 aliphatic rings. The summed E-state index contributed by atoms with van der Waals surface area (Å²) >= 11 is 0. The number of hydrogen-bond acceptors (Lipinski definition) is 7. The number of hydrogen-bond donors (Lipinski definition) is 0. The van der Waals surface area contributed by atoms with Gasteiger partial charge in [-0.25, -0.2) is 9.97 Å². The molecular weight excluding hydrogens is 340 g/mol. The topological polar surface area (TPSA) is 80.8 Å². The van der Waals surface area contributed by atoms with Gasteiger partial charge in [0.2, 0.25) is 5.95 Å². The first-order valence-corrected chi connectivity index (χ1v) is 9.61. The van der Waals surface area contributed by atoms with E-state index in [1.54, 1.807) is 18.6 Å². The van der Waals surface area contributed by atoms with Crippen molar-refractivity contribution in [3.63, 3.8) is 0 Å². The first-order valence-electron chi connectivity index (χ1n) is 9.61. The minimum atomic E-state index is 0.748. The highest BCUT2D eigenvalue weighted by Gasteiger charge is 2.23. The van der Waals surface area contributed by atoms with Crippen molar-refractivity contribution >= 4 is 5.95 Å². The molecule has 1 fully saturated rings. The highest BCUT2D eigenvalue weighted by Crippen LogP contribution is 2.34. The van der Waals surface area contributed by atoms with Crippen LogP contribution in [0.3, 0.4) is 0 Å². The maximum Gasteiger partial charge on any atom is 0.225 e. The van der Waals surface area contributed by atoms with Gasteiger partial charge in [-0.05, 0) is 19.8 Å². The smallest absolute Gasteiger partial charge is 0.225 e. The monoisotopic (exact) mass is 364 g/mol. The quantitative estimate of drug-likeness (QED) is 0.695. The maximum atomic E-state index is 5.54. The van der Waals surface area contributed by atoms with Crippen LogP contribution in [0.25, 0.3) is 22.5 Å². The predicted molar refractivity (Wildman–Crippen MR) is 103 cm³/mol. The second kappa shape index (κ2) is 7.82. The van der Waals surface area contributed by atoms with Crippen LogP contribution in [0.15, 0.2) is 29.3 Å². The number of nitrogens with zero attached hydrogens (tertiary/aromatic N) is 6. The number of rotatable bonds is 4. The third kappa shape index (κ3) is 3.54. The van der Waals surface area contributed by atoms with Crippen LogP contribution >= 0.6 is 0 Å². The lowest BCUT2D eigenvalue weighted by atomic mass is 10.0. The van der Waals surface area contributed by atoms with Gasteiger partial charge in [0.25, 0.3) is 0 Å². The summed E-state index contributed by atoms with van der Waals surface area (Å²) in [6.45, 7) is 5.99. The second-order valence-corrected chi connectivity index (χ2v) is 6.84. The molecule has 3 aromatic rings. The van der Waals surface area contributed by atoms with E-state index in [9.17, 15) is 0 Å². The summed E-state index contributed by atoms with van der Waals surface area (Å²) in [6.07, 6.45) is 12.6. The third-order valence-electron chi connectivity index (χ3n) is 5.00. The maximum absolute atomic E-state index is 5.54. The number of aryl methyl sites for hydroxylation is 2. The van der Waals surface area contributed by atoms with Gasteiger partial charge in [-0.3, -0.25) is 9.97 Å². The highest BCUT2D eigenvalue weighted by molar-refractivity contribution is 5.81. The summed E-state index contributed by atoms with van der Waals surface area (Å²) in [5.74, 6) is 1.60. The van der Waals surface area contributed by atoms with Crippen molar-refractivity contribution in [3.8, 4) is 22.5 Å². The Morgan fingerprint density at radius 2 is 1.85 bits per heavy atom. The Morgan fingerprint density at radius 1 is 1.04 bits per heavy atom. The van der Waals surface area contributed by atoms with Crippen LogP contribution in [0.5, 0.6) is 0 Å². The molecule has 0 atom stereocenters. The molecule has 0 aromatic carbocycles. The lowest BCUT2D eigenvalue weighted by Crippen LogP contribution is -2.26. The Labute approximate surface area is 158 Å². The summed E-state index contributed by atoms with van der Waals surface area (Å²) in [6, 6.07) is 0. The van der Waals surface area contributed by atoms with Gasteiger partial charge in [0.05, 0.1) is 28.8 Å². The molecule has 0 aliphatic carbocycles. The molecule has 140 valence electrons. The summed E-state index contributed by atoms with van der Waals surface area (Å²) in [5.41, 5.74) is 4.19. The van der Waals surface area contributed by atoms with Gasteiger partial charge in [-0.1, -0.05) is 24.9 Å². The highest BCUT2D eigenvalue weighted by atomic mass is 16.5. The average Bonchev–Trinajstić information content (AvgIpc) is 2.91. The molecule has 4 rings (SSSR count). The van der Waals surface area contributed by atoms with Crippen molar-refractivity contribution in [2.75, 3.05) is 18.0 Å². The molecule has 3 aromatic heterocycles. The Morgan fingerprint density at radius 3 is 2.56 bits per heavy atom. The van der Waals surface area contributed by atoms with E-state index in [-0.39, 0.29) is 0 Å². The van der Waals surface area contributed by atoms with Crippen LogP contribution in [0.4, 0.5) is 5.95 Å². The minimum absolute atomic E-state index is 0.748. The largest absolute Gasteiger partial charge is 0.360 e. The van der Waals surface area contributed by atoms with Gasteiger partial charge < -0.3 is 9.42 Å². The zero-order valence-corrected chi connectivity index (χ0v) is 15.9. The normalized spacial score (nSPS) is 15.0. The fourth-order valence-corrected chi connectivity index (χ4v) is 3.57. The molecule has 7 nitrogen and oxygen atoms in total. The fourth-order valence-electron chi connectivity index (χ4n) is 3.57. The van der Waals surface area contributed by atoms with E-state index in [0.29, 0.717) is 0 Å². The molecule has 1 aliphatic heterocycles. The van der Waals surface area contributed by atoms with Crippen molar-refractivity contribution < 1.29 is 4.52 Å². The van der Waals surface area contributed by atoms with E-state index in [1.807, 2.05) is 13.1 Å². The van der Waals surface area contributed by atoms with Crippen molar-refractivity contribution in [1.29, 1.82) is 0 Å². The standard InChI is InChI=1S/C20H24N6O/c1-3-17-18(14(2)25-27-17)19-15(16-13-21-8-9-22-16)12-23-20(24-19)26-10-6-4-5-7-11-26/h8-9,12-13H,3-7,10-11H2,1-2H3. The van der Waals surface area contributed by atoms with Gasteiger partial charge in [-0.2, -0.15) is 0 Å². The van der Waals surface area contributed by atoms with Crippen molar-refractivity contribution in [1.82, 2.24) is 25.1 Å². The summed E-state index contributed by atoms with van der Waals surface area (Å²) in [7, 11) is 0. The number of anilines is 1. The summed E-state index contributed by atoms with van der Waals surface area (Å²) in [5, 5.41) is 4.17. The molecule has 0 N–H and O–H groups in total. The second-order valence-electron chi connectivity index (χ2n) is 6.84. The number of aromatic nitrogens is 5. The van der Waals surface area contributed by atoms with E-state index in [1.165, 1.54) is 25.7 Å².